The summed E-state index contributed by atoms with van der Waals surface area (Å²) in [7, 11) is 0. The molecule has 13 rings (SSSR count). The van der Waals surface area contributed by atoms with Crippen LogP contribution in [0.15, 0.2) is 54.7 Å². The maximum Gasteiger partial charge on any atom is 0.319 e. The van der Waals surface area contributed by atoms with Gasteiger partial charge in [0.2, 0.25) is 11.8 Å². The van der Waals surface area contributed by atoms with E-state index in [0.717, 1.165) is 138 Å². The minimum Gasteiger partial charge on any atom is -0.508 e. The van der Waals surface area contributed by atoms with Gasteiger partial charge in [0.15, 0.2) is 5.82 Å². The van der Waals surface area contributed by atoms with Crippen LogP contribution < -0.4 is 25.2 Å². The highest BCUT2D eigenvalue weighted by atomic mass is 19.1. The number of imide groups is 1. The van der Waals surface area contributed by atoms with Crippen molar-refractivity contribution in [1.29, 1.82) is 0 Å². The number of nitrogens with zero attached hydrogens (tertiary/aromatic N) is 9. The molecule has 7 fully saturated rings. The molecule has 1 aliphatic carbocycles. The summed E-state index contributed by atoms with van der Waals surface area (Å²) >= 11 is 0. The molecule has 9 heterocycles. The Morgan fingerprint density at radius 3 is 2.40 bits per heavy atom. The number of rotatable bonds is 13. The lowest BCUT2D eigenvalue weighted by atomic mass is 9.93. The maximum atomic E-state index is 17.2. The Labute approximate surface area is 425 Å². The Hall–Kier alpha value is -6.01. The number of aromatic nitrogens is 3. The molecule has 2 aromatic heterocycles. The number of piperidine rings is 2. The van der Waals surface area contributed by atoms with Gasteiger partial charge in [-0.2, -0.15) is 9.97 Å². The fourth-order valence-electron chi connectivity index (χ4n) is 13.4. The zero-order valence-corrected chi connectivity index (χ0v) is 41.8. The van der Waals surface area contributed by atoms with Crippen LogP contribution >= 0.6 is 0 Å². The first kappa shape index (κ1) is 46.8. The van der Waals surface area contributed by atoms with Crippen molar-refractivity contribution in [2.75, 3.05) is 94.9 Å². The molecule has 8 aliphatic rings. The van der Waals surface area contributed by atoms with Gasteiger partial charge >= 0.3 is 6.01 Å². The van der Waals surface area contributed by atoms with Crippen LogP contribution in [0.4, 0.5) is 15.9 Å². The number of piperazine rings is 2. The van der Waals surface area contributed by atoms with Crippen LogP contribution in [0.2, 0.25) is 0 Å². The molecule has 2 unspecified atom stereocenters. The highest BCUT2D eigenvalue weighted by Crippen LogP contribution is 2.47. The molecule has 5 aromatic rings. The van der Waals surface area contributed by atoms with Gasteiger partial charge in [-0.05, 0) is 123 Å². The zero-order valence-electron chi connectivity index (χ0n) is 41.8. The lowest BCUT2D eigenvalue weighted by Crippen LogP contribution is -2.63. The molecular formula is C56H66FN11O5. The molecule has 0 spiro atoms. The average Bonchev–Trinajstić information content (AvgIpc) is 3.96. The molecule has 7 aliphatic heterocycles. The monoisotopic (exact) mass is 992 g/mol. The number of halogens is 1. The number of carbonyl (C=O) groups excluding carboxylic acids is 3. The molecule has 3 atom stereocenters. The first-order valence-corrected chi connectivity index (χ1v) is 27.0. The van der Waals surface area contributed by atoms with Gasteiger partial charge in [0.05, 0.1) is 12.0 Å². The van der Waals surface area contributed by atoms with Gasteiger partial charge in [-0.1, -0.05) is 25.1 Å². The molecule has 2 bridgehead atoms. The number of amides is 3. The first-order valence-electron chi connectivity index (χ1n) is 27.0. The zero-order chi connectivity index (χ0) is 49.5. The number of anilines is 2. The number of phenols is 1. The number of fused-ring (bicyclic) bond motifs is 5. The van der Waals surface area contributed by atoms with Gasteiger partial charge in [-0.3, -0.25) is 34.5 Å². The van der Waals surface area contributed by atoms with E-state index in [0.29, 0.717) is 65.9 Å². The van der Waals surface area contributed by atoms with Crippen LogP contribution in [0.25, 0.3) is 32.9 Å². The van der Waals surface area contributed by atoms with E-state index in [1.165, 1.54) is 12.8 Å². The summed E-state index contributed by atoms with van der Waals surface area (Å²) in [6.07, 6.45) is 9.87. The quantitative estimate of drug-likeness (QED) is 0.130. The van der Waals surface area contributed by atoms with Crippen molar-refractivity contribution in [3.05, 3.63) is 77.2 Å². The van der Waals surface area contributed by atoms with Crippen molar-refractivity contribution < 1.29 is 28.6 Å². The first-order chi connectivity index (χ1) is 35.5. The van der Waals surface area contributed by atoms with Crippen LogP contribution in [-0.2, 0) is 22.6 Å². The summed E-state index contributed by atoms with van der Waals surface area (Å²) in [5, 5.41) is 19.2. The van der Waals surface area contributed by atoms with Gasteiger partial charge in [-0.15, -0.1) is 0 Å². The molecule has 3 N–H and O–H groups in total. The minimum atomic E-state index is -0.599. The van der Waals surface area contributed by atoms with Gasteiger partial charge < -0.3 is 34.8 Å². The lowest BCUT2D eigenvalue weighted by molar-refractivity contribution is -0.136. The summed E-state index contributed by atoms with van der Waals surface area (Å²) in [6.45, 7) is 15.0. The Morgan fingerprint density at radius 2 is 1.64 bits per heavy atom. The molecule has 73 heavy (non-hydrogen) atoms. The molecule has 6 saturated heterocycles. The molecule has 3 amide bonds. The van der Waals surface area contributed by atoms with E-state index >= 15 is 4.39 Å². The summed E-state index contributed by atoms with van der Waals surface area (Å²) in [6, 6.07) is 16.3. The molecule has 0 radical (unpaired) electrons. The van der Waals surface area contributed by atoms with E-state index in [1.54, 1.807) is 23.2 Å². The largest absolute Gasteiger partial charge is 0.508 e. The van der Waals surface area contributed by atoms with Crippen molar-refractivity contribution in [2.45, 2.75) is 95.4 Å². The van der Waals surface area contributed by atoms with Crippen LogP contribution in [0.5, 0.6) is 11.8 Å². The van der Waals surface area contributed by atoms with E-state index in [9.17, 15) is 19.5 Å². The van der Waals surface area contributed by atoms with Crippen molar-refractivity contribution in [2.24, 2.45) is 11.3 Å². The third-order valence-corrected chi connectivity index (χ3v) is 17.7. The number of hydrogen-bond acceptors (Lipinski definition) is 14. The fourth-order valence-corrected chi connectivity index (χ4v) is 13.4. The Kier molecular flexibility index (Phi) is 12.0. The van der Waals surface area contributed by atoms with Crippen LogP contribution in [-0.4, -0.2) is 167 Å². The topological polar surface area (TPSA) is 163 Å². The molecule has 3 aromatic carbocycles. The van der Waals surface area contributed by atoms with Gasteiger partial charge in [0.1, 0.15) is 28.8 Å². The standard InChI is InChI=1S/C56H66FN11O5/c1-2-35-4-3-5-36-23-42(69)24-44(48(35)36)50-49(57)51-45(25-58-50)52(67-28-38-6-7-39(29-67)59-38)62-55(61-51)73-33-56(14-15-56)32-63-16-12-34(13-17-63)26-64-30-41(31-64)66-20-18-65(19-21-66)40-8-9-43-37(22-40)27-68(54(43)72)46-10-11-47(70)60-53(46)71/h3-5,8-9,22-25,34,38-39,41,46,59,69H,2,6-7,10-21,26-33H2,1H3,(H,60,70,71)/t38?,39?,46-/m0/s1. The highest BCUT2D eigenvalue weighted by molar-refractivity contribution is 6.06. The lowest BCUT2D eigenvalue weighted by Gasteiger charge is -2.49. The van der Waals surface area contributed by atoms with E-state index in [-0.39, 0.29) is 52.5 Å². The molecule has 17 heteroatoms. The van der Waals surface area contributed by atoms with Crippen LogP contribution in [0.1, 0.15) is 79.8 Å². The van der Waals surface area contributed by atoms with E-state index in [4.69, 9.17) is 19.7 Å². The Bertz CT molecular complexity index is 2990. The van der Waals surface area contributed by atoms with Crippen molar-refractivity contribution in [3.8, 4) is 23.0 Å². The van der Waals surface area contributed by atoms with Gasteiger partial charge in [0, 0.05) is 125 Å². The van der Waals surface area contributed by atoms with Crippen molar-refractivity contribution in [3.63, 3.8) is 0 Å². The number of nitrogens with one attached hydrogen (secondary N) is 2. The van der Waals surface area contributed by atoms with E-state index in [1.807, 2.05) is 30.3 Å². The Morgan fingerprint density at radius 1 is 0.849 bits per heavy atom. The number of carbonyl (C=O) groups is 3. The van der Waals surface area contributed by atoms with Crippen molar-refractivity contribution >= 4 is 50.9 Å². The molecule has 382 valence electrons. The number of ether oxygens (including phenoxy) is 1. The molecule has 1 saturated carbocycles. The highest BCUT2D eigenvalue weighted by Gasteiger charge is 2.46. The number of benzene rings is 3. The number of pyridine rings is 1. The second kappa shape index (κ2) is 18.7. The third-order valence-electron chi connectivity index (χ3n) is 17.7. The second-order valence-corrected chi connectivity index (χ2v) is 22.6. The maximum absolute atomic E-state index is 17.2. The summed E-state index contributed by atoms with van der Waals surface area (Å²) in [5.41, 5.74) is 4.73. The van der Waals surface area contributed by atoms with Crippen LogP contribution in [0, 0.1) is 17.2 Å². The van der Waals surface area contributed by atoms with Gasteiger partial charge in [-0.25, -0.2) is 4.39 Å². The molecular weight excluding hydrogens is 926 g/mol. The van der Waals surface area contributed by atoms with E-state index < -0.39 is 11.9 Å². The molecule has 16 nitrogen and oxygen atoms in total. The second-order valence-electron chi connectivity index (χ2n) is 22.6. The smallest absolute Gasteiger partial charge is 0.319 e. The summed E-state index contributed by atoms with van der Waals surface area (Å²) in [5.74, 6) is 0.118. The Balaban J connectivity index is 0.606. The predicted octanol–water partition coefficient (Wildman–Crippen LogP) is 5.33. The van der Waals surface area contributed by atoms with E-state index in [2.05, 4.69) is 48.1 Å². The number of phenolic OH excluding ortho intramolecular Hbond substituents is 1. The predicted molar refractivity (Wildman–Crippen MR) is 276 cm³/mol. The number of aromatic hydroxyl groups is 1. The minimum absolute atomic E-state index is 0.0334. The normalized spacial score (nSPS) is 24.9. The average molecular weight is 992 g/mol. The number of likely N-dealkylation sites (tertiary alicyclic amines) is 2. The summed E-state index contributed by atoms with van der Waals surface area (Å²) < 4.78 is 23.8. The third kappa shape index (κ3) is 8.93. The van der Waals surface area contributed by atoms with Crippen LogP contribution in [0.3, 0.4) is 0 Å². The fraction of sp³-hybridized carbons (Fsp3) is 0.536. The SMILES string of the molecule is CCc1cccc2cc(O)cc(-c3ncc4c(N5CC6CCC(C5)N6)nc(OCC5(CN6CCC(CN7CC(N8CCN(c9ccc%10c(c9)CN([C@H]9CCC(=O)NC9=O)C%10=O)CC8)C7)CC6)CC5)nc4c3F)c12. The van der Waals surface area contributed by atoms with Crippen molar-refractivity contribution in [1.82, 2.24) is 45.2 Å². The number of hydrogen-bond donors (Lipinski definition) is 3. The van der Waals surface area contributed by atoms with Gasteiger partial charge in [0.25, 0.3) is 5.91 Å². The number of aryl methyl sites for hydroxylation is 1. The summed E-state index contributed by atoms with van der Waals surface area (Å²) in [4.78, 5) is 66.3.